The normalized spacial score (nSPS) is 11.0. The Morgan fingerprint density at radius 1 is 1.19 bits per heavy atom. The summed E-state index contributed by atoms with van der Waals surface area (Å²) in [6, 6.07) is 5.90. The molecule has 0 aliphatic carbocycles. The summed E-state index contributed by atoms with van der Waals surface area (Å²) in [6.07, 6.45) is 5.87. The number of nitrogens with zero attached hydrogens (tertiary/aromatic N) is 3. The molecule has 0 saturated carbocycles. The van der Waals surface area contributed by atoms with E-state index in [4.69, 9.17) is 0 Å². The third kappa shape index (κ3) is 2.56. The molecule has 0 aliphatic heterocycles. The maximum Gasteiger partial charge on any atom is 0.341 e. The first-order chi connectivity index (χ1) is 12.6. The zero-order valence-electron chi connectivity index (χ0n) is 13.1. The Bertz CT molecular complexity index is 1190. The second-order valence-electron chi connectivity index (χ2n) is 5.45. The lowest BCUT2D eigenvalue weighted by Gasteiger charge is -2.12. The number of carboxylic acid groups (broad SMARTS) is 1. The standard InChI is InChI=1S/C18H10FN3O3S/c19-14-7-12-15(8-11(14)10-1-3-20-4-2-10)22(18-21-5-6-26-18)9-13(16(12)23)17(24)25/h1-9H,(H,24,25). The zero-order chi connectivity index (χ0) is 18.3. The van der Waals surface area contributed by atoms with Crippen molar-refractivity contribution in [1.29, 1.82) is 0 Å². The van der Waals surface area contributed by atoms with Crippen LogP contribution in [0.4, 0.5) is 4.39 Å². The maximum atomic E-state index is 14.7. The van der Waals surface area contributed by atoms with Crippen LogP contribution in [0.2, 0.25) is 0 Å². The van der Waals surface area contributed by atoms with E-state index in [9.17, 15) is 19.1 Å². The summed E-state index contributed by atoms with van der Waals surface area (Å²) in [5.74, 6) is -1.99. The van der Waals surface area contributed by atoms with E-state index < -0.39 is 22.8 Å². The summed E-state index contributed by atoms with van der Waals surface area (Å²) in [7, 11) is 0. The van der Waals surface area contributed by atoms with Crippen LogP contribution in [0, 0.1) is 5.82 Å². The van der Waals surface area contributed by atoms with Gasteiger partial charge < -0.3 is 5.11 Å². The van der Waals surface area contributed by atoms with Gasteiger partial charge in [-0.15, -0.1) is 11.3 Å². The molecule has 26 heavy (non-hydrogen) atoms. The lowest BCUT2D eigenvalue weighted by molar-refractivity contribution is 0.0695. The Balaban J connectivity index is 2.12. The number of carboxylic acids is 1. The molecular weight excluding hydrogens is 357 g/mol. The molecule has 3 heterocycles. The van der Waals surface area contributed by atoms with Crippen LogP contribution in [-0.2, 0) is 0 Å². The predicted octanol–water partition coefficient (Wildman–Crippen LogP) is 3.35. The highest BCUT2D eigenvalue weighted by molar-refractivity contribution is 7.12. The fraction of sp³-hybridized carbons (Fsp3) is 0. The summed E-state index contributed by atoms with van der Waals surface area (Å²) >= 11 is 1.28. The van der Waals surface area contributed by atoms with Crippen LogP contribution in [0.15, 0.2) is 59.2 Å². The van der Waals surface area contributed by atoms with Gasteiger partial charge in [0.05, 0.1) is 5.52 Å². The molecule has 0 bridgehead atoms. The van der Waals surface area contributed by atoms with Crippen molar-refractivity contribution in [2.24, 2.45) is 0 Å². The van der Waals surface area contributed by atoms with Crippen molar-refractivity contribution in [1.82, 2.24) is 14.5 Å². The van der Waals surface area contributed by atoms with Crippen molar-refractivity contribution >= 4 is 28.2 Å². The number of hydrogen-bond acceptors (Lipinski definition) is 5. The number of benzene rings is 1. The molecular formula is C18H10FN3O3S. The summed E-state index contributed by atoms with van der Waals surface area (Å²) in [5, 5.41) is 11.5. The first kappa shape index (κ1) is 16.1. The van der Waals surface area contributed by atoms with Gasteiger partial charge in [0.25, 0.3) is 0 Å². The molecule has 0 atom stereocenters. The number of aromatic nitrogens is 3. The molecule has 0 aliphatic rings. The number of halogens is 1. The van der Waals surface area contributed by atoms with Crippen molar-refractivity contribution in [3.8, 4) is 16.3 Å². The van der Waals surface area contributed by atoms with Crippen molar-refractivity contribution in [3.05, 3.63) is 76.0 Å². The Hall–Kier alpha value is -3.39. The minimum Gasteiger partial charge on any atom is -0.477 e. The van der Waals surface area contributed by atoms with Crippen molar-refractivity contribution in [2.75, 3.05) is 0 Å². The molecule has 0 radical (unpaired) electrons. The van der Waals surface area contributed by atoms with E-state index in [0.29, 0.717) is 16.2 Å². The van der Waals surface area contributed by atoms with Crippen LogP contribution in [0.5, 0.6) is 0 Å². The third-order valence-corrected chi connectivity index (χ3v) is 4.71. The Morgan fingerprint density at radius 3 is 2.62 bits per heavy atom. The first-order valence-electron chi connectivity index (χ1n) is 7.49. The number of rotatable bonds is 3. The molecule has 4 aromatic rings. The van der Waals surface area contributed by atoms with Gasteiger partial charge in [-0.3, -0.25) is 14.3 Å². The van der Waals surface area contributed by atoms with Crippen LogP contribution < -0.4 is 5.43 Å². The zero-order valence-corrected chi connectivity index (χ0v) is 13.9. The minimum absolute atomic E-state index is 0.0181. The van der Waals surface area contributed by atoms with E-state index >= 15 is 0 Å². The molecule has 128 valence electrons. The Kier molecular flexibility index (Phi) is 3.81. The number of pyridine rings is 2. The van der Waals surface area contributed by atoms with Crippen LogP contribution in [-0.4, -0.2) is 25.6 Å². The van der Waals surface area contributed by atoms with Gasteiger partial charge in [0, 0.05) is 41.1 Å². The molecule has 3 aromatic heterocycles. The molecule has 1 N–H and O–H groups in total. The second kappa shape index (κ2) is 6.16. The van der Waals surface area contributed by atoms with Crippen LogP contribution in [0.25, 0.3) is 27.2 Å². The van der Waals surface area contributed by atoms with Gasteiger partial charge in [0.15, 0.2) is 5.13 Å². The monoisotopic (exact) mass is 367 g/mol. The predicted molar refractivity (Wildman–Crippen MR) is 95.4 cm³/mol. The molecule has 0 unspecified atom stereocenters. The fourth-order valence-electron chi connectivity index (χ4n) is 2.74. The van der Waals surface area contributed by atoms with E-state index in [0.717, 1.165) is 6.07 Å². The number of carbonyl (C=O) groups is 1. The SMILES string of the molecule is O=C(O)c1cn(-c2nccs2)c2cc(-c3ccncc3)c(F)cc2c1=O. The van der Waals surface area contributed by atoms with Crippen LogP contribution in [0.3, 0.4) is 0 Å². The van der Waals surface area contributed by atoms with E-state index in [2.05, 4.69) is 9.97 Å². The largest absolute Gasteiger partial charge is 0.477 e. The van der Waals surface area contributed by atoms with Gasteiger partial charge in [-0.2, -0.15) is 0 Å². The Labute approximate surface area is 149 Å². The van der Waals surface area contributed by atoms with Crippen molar-refractivity contribution in [3.63, 3.8) is 0 Å². The summed E-state index contributed by atoms with van der Waals surface area (Å²) < 4.78 is 16.2. The lowest BCUT2D eigenvalue weighted by atomic mass is 10.0. The average Bonchev–Trinajstić information content (AvgIpc) is 3.17. The van der Waals surface area contributed by atoms with E-state index in [1.165, 1.54) is 28.2 Å². The van der Waals surface area contributed by atoms with Gasteiger partial charge in [-0.1, -0.05) is 0 Å². The van der Waals surface area contributed by atoms with Crippen molar-refractivity contribution in [2.45, 2.75) is 0 Å². The summed E-state index contributed by atoms with van der Waals surface area (Å²) in [6.45, 7) is 0. The molecule has 4 rings (SSSR count). The average molecular weight is 367 g/mol. The third-order valence-electron chi connectivity index (χ3n) is 3.94. The quantitative estimate of drug-likeness (QED) is 0.600. The van der Waals surface area contributed by atoms with Crippen molar-refractivity contribution < 1.29 is 14.3 Å². The molecule has 0 spiro atoms. The molecule has 6 nitrogen and oxygen atoms in total. The highest BCUT2D eigenvalue weighted by Crippen LogP contribution is 2.28. The van der Waals surface area contributed by atoms with Gasteiger partial charge in [-0.05, 0) is 29.8 Å². The molecule has 0 saturated heterocycles. The van der Waals surface area contributed by atoms with Gasteiger partial charge in [-0.25, -0.2) is 14.2 Å². The highest BCUT2D eigenvalue weighted by Gasteiger charge is 2.19. The van der Waals surface area contributed by atoms with E-state index in [1.54, 1.807) is 36.1 Å². The van der Waals surface area contributed by atoms with Gasteiger partial charge in [0.2, 0.25) is 5.43 Å². The van der Waals surface area contributed by atoms with Gasteiger partial charge >= 0.3 is 5.97 Å². The molecule has 1 aromatic carbocycles. The molecule has 8 heteroatoms. The number of fused-ring (bicyclic) bond motifs is 1. The lowest BCUT2D eigenvalue weighted by Crippen LogP contribution is -2.18. The Morgan fingerprint density at radius 2 is 1.96 bits per heavy atom. The maximum absolute atomic E-state index is 14.7. The summed E-state index contributed by atoms with van der Waals surface area (Å²) in [5.41, 5.74) is 0.0833. The number of thiazole rings is 1. The fourth-order valence-corrected chi connectivity index (χ4v) is 3.37. The second-order valence-corrected chi connectivity index (χ2v) is 6.32. The van der Waals surface area contributed by atoms with E-state index in [1.807, 2.05) is 0 Å². The summed E-state index contributed by atoms with van der Waals surface area (Å²) in [4.78, 5) is 32.0. The topological polar surface area (TPSA) is 85.1 Å². The number of hydrogen-bond donors (Lipinski definition) is 1. The van der Waals surface area contributed by atoms with Crippen LogP contribution >= 0.6 is 11.3 Å². The number of aromatic carboxylic acids is 1. The van der Waals surface area contributed by atoms with Crippen LogP contribution in [0.1, 0.15) is 10.4 Å². The molecule has 0 amide bonds. The smallest absolute Gasteiger partial charge is 0.341 e. The first-order valence-corrected chi connectivity index (χ1v) is 8.36. The minimum atomic E-state index is -1.37. The van der Waals surface area contributed by atoms with E-state index in [-0.39, 0.29) is 10.9 Å². The highest BCUT2D eigenvalue weighted by atomic mass is 32.1. The van der Waals surface area contributed by atoms with Gasteiger partial charge in [0.1, 0.15) is 11.4 Å². The molecule has 0 fully saturated rings.